The monoisotopic (exact) mass is 372 g/mol. The zero-order valence-electron chi connectivity index (χ0n) is 14.9. The minimum absolute atomic E-state index is 0.260. The fourth-order valence-electron chi connectivity index (χ4n) is 3.08. The second-order valence-electron chi connectivity index (χ2n) is 6.50. The second-order valence-corrected chi connectivity index (χ2v) is 6.50. The summed E-state index contributed by atoms with van der Waals surface area (Å²) < 4.78 is 34.2. The molecule has 1 N–H and O–H groups in total. The minimum atomic E-state index is -1.06. The lowest BCUT2D eigenvalue weighted by molar-refractivity contribution is -0.117. The van der Waals surface area contributed by atoms with Crippen molar-refractivity contribution in [1.29, 1.82) is 0 Å². The first-order valence-electron chi connectivity index (χ1n) is 8.67. The normalized spacial score (nSPS) is 18.5. The smallest absolute Gasteiger partial charge is 0.231 e. The van der Waals surface area contributed by atoms with Crippen molar-refractivity contribution in [2.45, 2.75) is 19.5 Å². The number of aryl methyl sites for hydroxylation is 1. The molecule has 0 aromatic carbocycles. The van der Waals surface area contributed by atoms with Crippen molar-refractivity contribution < 1.29 is 18.3 Å². The first-order valence-corrected chi connectivity index (χ1v) is 8.67. The summed E-state index contributed by atoms with van der Waals surface area (Å²) in [7, 11) is 1.83. The highest BCUT2D eigenvalue weighted by molar-refractivity contribution is 5.96. The summed E-state index contributed by atoms with van der Waals surface area (Å²) in [6.07, 6.45) is 1.93. The number of rotatable bonds is 5. The first-order chi connectivity index (χ1) is 13.0. The number of anilines is 1. The lowest BCUT2D eigenvalue weighted by Crippen LogP contribution is -2.15. The van der Waals surface area contributed by atoms with Gasteiger partial charge in [0.1, 0.15) is 17.8 Å². The number of aromatic nitrogens is 3. The molecule has 1 aliphatic carbocycles. The van der Waals surface area contributed by atoms with Crippen LogP contribution in [0.25, 0.3) is 22.2 Å². The largest absolute Gasteiger partial charge is 0.477 e. The molecule has 1 saturated carbocycles. The van der Waals surface area contributed by atoms with Crippen molar-refractivity contribution in [2.24, 2.45) is 13.0 Å². The van der Waals surface area contributed by atoms with E-state index in [0.717, 1.165) is 17.1 Å². The summed E-state index contributed by atoms with van der Waals surface area (Å²) >= 11 is 0. The molecule has 6 nitrogen and oxygen atoms in total. The summed E-state index contributed by atoms with van der Waals surface area (Å²) in [6, 6.07) is 4.93. The van der Waals surface area contributed by atoms with E-state index in [0.29, 0.717) is 29.6 Å². The maximum Gasteiger partial charge on any atom is 0.231 e. The number of alkyl halides is 1. The maximum atomic E-state index is 13.8. The highest BCUT2D eigenvalue weighted by atomic mass is 19.1. The Morgan fingerprint density at radius 1 is 1.33 bits per heavy atom. The van der Waals surface area contributed by atoms with Crippen molar-refractivity contribution in [3.05, 3.63) is 36.4 Å². The molecule has 4 rings (SSSR count). The van der Waals surface area contributed by atoms with Gasteiger partial charge in [-0.15, -0.1) is 0 Å². The first kappa shape index (κ1) is 17.4. The van der Waals surface area contributed by atoms with Crippen molar-refractivity contribution in [2.75, 3.05) is 11.9 Å². The van der Waals surface area contributed by atoms with Crippen LogP contribution in [0.1, 0.15) is 13.3 Å². The molecule has 0 unspecified atom stereocenters. The summed E-state index contributed by atoms with van der Waals surface area (Å²) in [6.45, 7) is 2.24. The topological polar surface area (TPSA) is 69.0 Å². The molecular formula is C19H18F2N4O2. The van der Waals surface area contributed by atoms with Crippen LogP contribution in [0.2, 0.25) is 0 Å². The molecular weight excluding hydrogens is 354 g/mol. The van der Waals surface area contributed by atoms with Gasteiger partial charge in [-0.2, -0.15) is 0 Å². The number of amides is 1. The van der Waals surface area contributed by atoms with Crippen molar-refractivity contribution in [3.63, 3.8) is 0 Å². The van der Waals surface area contributed by atoms with Gasteiger partial charge in [0.05, 0.1) is 41.7 Å². The minimum Gasteiger partial charge on any atom is -0.477 e. The van der Waals surface area contributed by atoms with Gasteiger partial charge >= 0.3 is 0 Å². The number of hydrogen-bond acceptors (Lipinski definition) is 4. The number of carbonyl (C=O) groups excluding carboxylic acids is 1. The summed E-state index contributed by atoms with van der Waals surface area (Å²) in [5, 5.41) is 3.44. The number of hydrogen-bond donors (Lipinski definition) is 1. The lowest BCUT2D eigenvalue weighted by Gasteiger charge is -2.10. The fraction of sp³-hybridized carbons (Fsp3) is 0.316. The van der Waals surface area contributed by atoms with Gasteiger partial charge in [-0.3, -0.25) is 4.79 Å². The predicted octanol–water partition coefficient (Wildman–Crippen LogP) is 3.47. The predicted molar refractivity (Wildman–Crippen MR) is 96.7 cm³/mol. The molecule has 2 atom stereocenters. The van der Waals surface area contributed by atoms with E-state index in [4.69, 9.17) is 4.74 Å². The molecule has 27 heavy (non-hydrogen) atoms. The molecule has 0 aliphatic heterocycles. The van der Waals surface area contributed by atoms with Gasteiger partial charge in [0.25, 0.3) is 0 Å². The third-order valence-corrected chi connectivity index (χ3v) is 4.60. The molecule has 0 bridgehead atoms. The van der Waals surface area contributed by atoms with Crippen LogP contribution in [0.3, 0.4) is 0 Å². The third-order valence-electron chi connectivity index (χ3n) is 4.60. The van der Waals surface area contributed by atoms with Gasteiger partial charge in [0, 0.05) is 12.4 Å². The average molecular weight is 372 g/mol. The van der Waals surface area contributed by atoms with Crippen LogP contribution >= 0.6 is 0 Å². The van der Waals surface area contributed by atoms with Gasteiger partial charge in [-0.05, 0) is 31.5 Å². The number of ether oxygens (including phenoxy) is 1. The third kappa shape index (κ3) is 3.22. The van der Waals surface area contributed by atoms with Crippen molar-refractivity contribution in [3.8, 4) is 17.1 Å². The number of halogens is 2. The molecule has 3 aromatic rings. The zero-order chi connectivity index (χ0) is 19.1. The summed E-state index contributed by atoms with van der Waals surface area (Å²) in [4.78, 5) is 20.2. The average Bonchev–Trinajstić information content (AvgIpc) is 3.29. The Hall–Kier alpha value is -3.03. The maximum absolute atomic E-state index is 13.8. The number of nitrogens with one attached hydrogen (secondary N) is 1. The van der Waals surface area contributed by atoms with E-state index in [2.05, 4.69) is 15.3 Å². The van der Waals surface area contributed by atoms with E-state index in [1.165, 1.54) is 6.07 Å². The van der Waals surface area contributed by atoms with Crippen LogP contribution < -0.4 is 10.1 Å². The van der Waals surface area contributed by atoms with E-state index in [-0.39, 0.29) is 12.3 Å². The molecule has 3 heterocycles. The quantitative estimate of drug-likeness (QED) is 0.745. The Balaban J connectivity index is 1.72. The lowest BCUT2D eigenvalue weighted by atomic mass is 10.2. The van der Waals surface area contributed by atoms with Gasteiger partial charge in [-0.1, -0.05) is 0 Å². The van der Waals surface area contributed by atoms with Crippen LogP contribution in [0.4, 0.5) is 14.6 Å². The van der Waals surface area contributed by atoms with E-state index < -0.39 is 17.9 Å². The molecule has 3 aromatic heterocycles. The Labute approximate surface area is 154 Å². The number of nitrogens with zero attached hydrogens (tertiary/aromatic N) is 3. The Morgan fingerprint density at radius 2 is 2.11 bits per heavy atom. The number of fused-ring (bicyclic) bond motifs is 1. The Bertz CT molecular complexity index is 1030. The standard InChI is InChI=1S/C19H18F2N4O2/c1-3-27-19-13(6-11(20)8-23-19)15-4-10-5-17(22-9-16(10)25(15)2)24-18(26)12-7-14(12)21/h4-6,8-9,12,14H,3,7H2,1-2H3,(H,22,24,26)/t12-,14+/m1/s1. The number of pyridine rings is 2. The zero-order valence-corrected chi connectivity index (χ0v) is 14.9. The molecule has 1 fully saturated rings. The molecule has 8 heteroatoms. The van der Waals surface area contributed by atoms with Gasteiger partial charge in [0.2, 0.25) is 11.8 Å². The number of carbonyl (C=O) groups is 1. The fourth-order valence-corrected chi connectivity index (χ4v) is 3.08. The van der Waals surface area contributed by atoms with Gasteiger partial charge in [-0.25, -0.2) is 18.7 Å². The van der Waals surface area contributed by atoms with Crippen LogP contribution in [0.5, 0.6) is 5.88 Å². The molecule has 1 aliphatic rings. The SMILES string of the molecule is CCOc1ncc(F)cc1-c1cc2cc(NC(=O)[C@@H]3C[C@@H]3F)ncc2n1C. The Kier molecular flexibility index (Phi) is 4.25. The van der Waals surface area contributed by atoms with Crippen LogP contribution in [0, 0.1) is 11.7 Å². The summed E-state index contributed by atoms with van der Waals surface area (Å²) in [5.74, 6) is -0.713. The highest BCUT2D eigenvalue weighted by Crippen LogP contribution is 2.36. The molecule has 1 amide bonds. The van der Waals surface area contributed by atoms with Crippen LogP contribution in [-0.2, 0) is 11.8 Å². The highest BCUT2D eigenvalue weighted by Gasteiger charge is 2.43. The van der Waals surface area contributed by atoms with E-state index >= 15 is 0 Å². The van der Waals surface area contributed by atoms with Gasteiger partial charge < -0.3 is 14.6 Å². The van der Waals surface area contributed by atoms with Crippen molar-refractivity contribution >= 4 is 22.6 Å². The second kappa shape index (κ2) is 6.61. The van der Waals surface area contributed by atoms with E-state index in [9.17, 15) is 13.6 Å². The molecule has 0 saturated heterocycles. The van der Waals surface area contributed by atoms with E-state index in [1.807, 2.05) is 24.6 Å². The summed E-state index contributed by atoms with van der Waals surface area (Å²) in [5.41, 5.74) is 2.03. The van der Waals surface area contributed by atoms with Crippen LogP contribution in [-0.4, -0.2) is 33.2 Å². The van der Waals surface area contributed by atoms with Crippen LogP contribution in [0.15, 0.2) is 30.6 Å². The van der Waals surface area contributed by atoms with E-state index in [1.54, 1.807) is 12.3 Å². The molecule has 0 spiro atoms. The molecule has 140 valence electrons. The molecule has 0 radical (unpaired) electrons. The van der Waals surface area contributed by atoms with Crippen molar-refractivity contribution in [1.82, 2.24) is 14.5 Å². The van der Waals surface area contributed by atoms with Gasteiger partial charge in [0.15, 0.2) is 0 Å². The Morgan fingerprint density at radius 3 is 2.81 bits per heavy atom.